The number of aryl methyl sites for hydroxylation is 2. The summed E-state index contributed by atoms with van der Waals surface area (Å²) in [4.78, 5) is 6.52. The molecule has 0 saturated carbocycles. The molecule has 0 amide bonds. The molecule has 2 aromatic rings. The van der Waals surface area contributed by atoms with Gasteiger partial charge in [0.05, 0.1) is 0 Å². The second-order valence-corrected chi connectivity index (χ2v) is 5.15. The van der Waals surface area contributed by atoms with Crippen molar-refractivity contribution in [2.24, 2.45) is 5.73 Å². The maximum atomic E-state index is 5.72. The van der Waals surface area contributed by atoms with Crippen LogP contribution >= 0.6 is 11.8 Å². The molecule has 0 aliphatic rings. The number of nitrogens with zero attached hydrogens (tertiary/aromatic N) is 1. The number of nitrogens with two attached hydrogens (primary N) is 1. The minimum absolute atomic E-state index is 0.551. The predicted molar refractivity (Wildman–Crippen MR) is 72.2 cm³/mol. The van der Waals surface area contributed by atoms with Crippen molar-refractivity contribution >= 4 is 11.8 Å². The average Bonchev–Trinajstić information content (AvgIpc) is 2.34. The van der Waals surface area contributed by atoms with Gasteiger partial charge in [0.25, 0.3) is 0 Å². The van der Waals surface area contributed by atoms with E-state index in [0.29, 0.717) is 6.54 Å². The van der Waals surface area contributed by atoms with E-state index >= 15 is 0 Å². The third kappa shape index (κ3) is 2.87. The fourth-order valence-electron chi connectivity index (χ4n) is 1.57. The molecule has 1 aromatic carbocycles. The summed E-state index contributed by atoms with van der Waals surface area (Å²) in [6.07, 6.45) is 3.66. The van der Waals surface area contributed by atoms with Crippen LogP contribution in [0, 0.1) is 13.8 Å². The van der Waals surface area contributed by atoms with Crippen molar-refractivity contribution in [2.45, 2.75) is 30.2 Å². The Morgan fingerprint density at radius 1 is 1.18 bits per heavy atom. The molecule has 88 valence electrons. The van der Waals surface area contributed by atoms with E-state index in [2.05, 4.69) is 37.0 Å². The van der Waals surface area contributed by atoms with Crippen LogP contribution in [0.3, 0.4) is 0 Å². The molecule has 0 aliphatic carbocycles. The molecule has 3 heteroatoms. The number of hydrogen-bond donors (Lipinski definition) is 1. The molecule has 0 spiro atoms. The molecule has 2 N–H and O–H groups in total. The van der Waals surface area contributed by atoms with Crippen molar-refractivity contribution in [2.75, 3.05) is 0 Å². The van der Waals surface area contributed by atoms with Gasteiger partial charge in [0, 0.05) is 28.7 Å². The lowest BCUT2D eigenvalue weighted by molar-refractivity contribution is 1.00. The second kappa shape index (κ2) is 5.34. The predicted octanol–water partition coefficient (Wildman–Crippen LogP) is 3.31. The van der Waals surface area contributed by atoms with Gasteiger partial charge in [-0.25, -0.2) is 0 Å². The van der Waals surface area contributed by atoms with Crippen molar-refractivity contribution in [3.8, 4) is 0 Å². The summed E-state index contributed by atoms with van der Waals surface area (Å²) < 4.78 is 0. The molecule has 1 aromatic heterocycles. The molecule has 2 nitrogen and oxygen atoms in total. The fraction of sp³-hybridized carbons (Fsp3) is 0.214. The van der Waals surface area contributed by atoms with Gasteiger partial charge in [-0.15, -0.1) is 0 Å². The number of rotatable bonds is 3. The molecule has 0 radical (unpaired) electrons. The van der Waals surface area contributed by atoms with E-state index in [9.17, 15) is 0 Å². The van der Waals surface area contributed by atoms with Gasteiger partial charge in [-0.3, -0.25) is 4.98 Å². The zero-order valence-corrected chi connectivity index (χ0v) is 10.9. The zero-order chi connectivity index (χ0) is 12.3. The number of benzene rings is 1. The average molecular weight is 244 g/mol. The van der Waals surface area contributed by atoms with E-state index in [0.717, 1.165) is 10.5 Å². The number of hydrogen-bond acceptors (Lipinski definition) is 3. The topological polar surface area (TPSA) is 38.9 Å². The molecule has 0 atom stereocenters. The Balaban J connectivity index is 2.28. The second-order valence-electron chi connectivity index (χ2n) is 4.04. The summed E-state index contributed by atoms with van der Waals surface area (Å²) in [5, 5.41) is 0. The summed E-state index contributed by atoms with van der Waals surface area (Å²) in [5.74, 6) is 0. The quantitative estimate of drug-likeness (QED) is 0.900. The van der Waals surface area contributed by atoms with Gasteiger partial charge >= 0.3 is 0 Å². The van der Waals surface area contributed by atoms with Crippen LogP contribution in [0.25, 0.3) is 0 Å². The van der Waals surface area contributed by atoms with Crippen molar-refractivity contribution in [1.82, 2.24) is 4.98 Å². The van der Waals surface area contributed by atoms with Crippen molar-refractivity contribution in [3.63, 3.8) is 0 Å². The first-order chi connectivity index (χ1) is 8.20. The Bertz CT molecular complexity index is 523. The lowest BCUT2D eigenvalue weighted by Gasteiger charge is -2.08. The van der Waals surface area contributed by atoms with E-state index in [4.69, 9.17) is 5.73 Å². The van der Waals surface area contributed by atoms with Crippen molar-refractivity contribution in [1.29, 1.82) is 0 Å². The maximum absolute atomic E-state index is 5.72. The highest BCUT2D eigenvalue weighted by molar-refractivity contribution is 7.99. The molecule has 0 saturated heterocycles. The van der Waals surface area contributed by atoms with E-state index in [1.54, 1.807) is 18.0 Å². The summed E-state index contributed by atoms with van der Waals surface area (Å²) in [5.41, 5.74) is 9.49. The highest BCUT2D eigenvalue weighted by atomic mass is 32.2. The Morgan fingerprint density at radius 2 is 2.00 bits per heavy atom. The van der Waals surface area contributed by atoms with Crippen LogP contribution in [0.2, 0.25) is 0 Å². The molecule has 0 fully saturated rings. The van der Waals surface area contributed by atoms with Crippen LogP contribution in [0.4, 0.5) is 0 Å². The van der Waals surface area contributed by atoms with Crippen LogP contribution in [0.1, 0.15) is 16.7 Å². The van der Waals surface area contributed by atoms with Gasteiger partial charge < -0.3 is 5.73 Å². The highest BCUT2D eigenvalue weighted by Gasteiger charge is 2.04. The Morgan fingerprint density at radius 3 is 2.71 bits per heavy atom. The van der Waals surface area contributed by atoms with E-state index in [1.807, 2.05) is 12.3 Å². The smallest absolute Gasteiger partial charge is 0.0410 e. The number of pyridine rings is 1. The van der Waals surface area contributed by atoms with Crippen molar-refractivity contribution < 1.29 is 0 Å². The molecule has 1 heterocycles. The molecular formula is C14H16N2S. The van der Waals surface area contributed by atoms with E-state index in [1.165, 1.54) is 16.0 Å². The van der Waals surface area contributed by atoms with Gasteiger partial charge in [0.15, 0.2) is 0 Å². The first kappa shape index (κ1) is 12.1. The Kier molecular flexibility index (Phi) is 3.82. The normalized spacial score (nSPS) is 10.5. The van der Waals surface area contributed by atoms with E-state index in [-0.39, 0.29) is 0 Å². The summed E-state index contributed by atoms with van der Waals surface area (Å²) in [7, 11) is 0. The van der Waals surface area contributed by atoms with E-state index < -0.39 is 0 Å². The van der Waals surface area contributed by atoms with Crippen LogP contribution in [0.15, 0.2) is 46.5 Å². The van der Waals surface area contributed by atoms with Gasteiger partial charge in [0.1, 0.15) is 0 Å². The minimum atomic E-state index is 0.551. The lowest BCUT2D eigenvalue weighted by atomic mass is 10.1. The summed E-state index contributed by atoms with van der Waals surface area (Å²) >= 11 is 1.72. The lowest BCUT2D eigenvalue weighted by Crippen LogP contribution is -1.98. The van der Waals surface area contributed by atoms with Gasteiger partial charge in [-0.1, -0.05) is 17.8 Å². The highest BCUT2D eigenvalue weighted by Crippen LogP contribution is 2.30. The van der Waals surface area contributed by atoms with Crippen LogP contribution in [-0.4, -0.2) is 4.98 Å². The first-order valence-electron chi connectivity index (χ1n) is 5.59. The molecule has 2 rings (SSSR count). The fourth-order valence-corrected chi connectivity index (χ4v) is 2.60. The molecule has 0 unspecified atom stereocenters. The van der Waals surface area contributed by atoms with Gasteiger partial charge in [-0.2, -0.15) is 0 Å². The van der Waals surface area contributed by atoms with Crippen LogP contribution < -0.4 is 5.73 Å². The number of aromatic nitrogens is 1. The van der Waals surface area contributed by atoms with Gasteiger partial charge in [-0.05, 0) is 48.7 Å². The Labute approximate surface area is 106 Å². The SMILES string of the molecule is Cc1ccc(Sc2cnccc2CN)cc1C. The zero-order valence-electron chi connectivity index (χ0n) is 10.1. The monoisotopic (exact) mass is 244 g/mol. The van der Waals surface area contributed by atoms with Crippen LogP contribution in [0.5, 0.6) is 0 Å². The molecular weight excluding hydrogens is 228 g/mol. The van der Waals surface area contributed by atoms with Crippen molar-refractivity contribution in [3.05, 3.63) is 53.3 Å². The molecule has 17 heavy (non-hydrogen) atoms. The maximum Gasteiger partial charge on any atom is 0.0410 e. The standard InChI is InChI=1S/C14H16N2S/c1-10-3-4-13(7-11(10)2)17-14-9-16-6-5-12(14)8-15/h3-7,9H,8,15H2,1-2H3. The Hall–Kier alpha value is -1.32. The largest absolute Gasteiger partial charge is 0.326 e. The third-order valence-corrected chi connectivity index (χ3v) is 3.87. The summed E-state index contributed by atoms with van der Waals surface area (Å²) in [6.45, 7) is 4.81. The first-order valence-corrected chi connectivity index (χ1v) is 6.40. The third-order valence-electron chi connectivity index (χ3n) is 2.80. The summed E-state index contributed by atoms with van der Waals surface area (Å²) in [6, 6.07) is 8.47. The molecule has 0 bridgehead atoms. The minimum Gasteiger partial charge on any atom is -0.326 e. The molecule has 0 aliphatic heterocycles. The van der Waals surface area contributed by atoms with Crippen LogP contribution in [-0.2, 0) is 6.54 Å². The van der Waals surface area contributed by atoms with Gasteiger partial charge in [0.2, 0.25) is 0 Å².